The zero-order valence-corrected chi connectivity index (χ0v) is 38.5. The van der Waals surface area contributed by atoms with E-state index in [0.29, 0.717) is 17.5 Å². The maximum Gasteiger partial charge on any atom is 0.164 e. The van der Waals surface area contributed by atoms with Crippen LogP contribution in [-0.2, 0) is 0 Å². The van der Waals surface area contributed by atoms with Crippen molar-refractivity contribution in [2.75, 3.05) is 0 Å². The van der Waals surface area contributed by atoms with Gasteiger partial charge in [0.25, 0.3) is 0 Å². The Morgan fingerprint density at radius 3 is 1.49 bits per heavy atom. The van der Waals surface area contributed by atoms with E-state index in [2.05, 4.69) is 217 Å². The Morgan fingerprint density at radius 1 is 0.275 bits per heavy atom. The number of rotatable bonds is 6. The molecule has 0 saturated carbocycles. The fraction of sp³-hybridized carbons (Fsp3) is 0. The minimum absolute atomic E-state index is 0.634. The van der Waals surface area contributed by atoms with Crippen molar-refractivity contribution in [2.24, 2.45) is 0 Å². The largest absolute Gasteiger partial charge is 0.308 e. The molecule has 5 heterocycles. The quantitative estimate of drug-likeness (QED) is 0.167. The highest BCUT2D eigenvalue weighted by Gasteiger charge is 2.22. The van der Waals surface area contributed by atoms with E-state index in [4.69, 9.17) is 15.0 Å². The zero-order chi connectivity index (χ0) is 45.2. The van der Waals surface area contributed by atoms with Gasteiger partial charge < -0.3 is 4.40 Å². The molecule has 0 aliphatic rings. The van der Waals surface area contributed by atoms with E-state index < -0.39 is 0 Å². The Bertz CT molecular complexity index is 4510. The molecule has 0 saturated heterocycles. The zero-order valence-electron chi connectivity index (χ0n) is 36.9. The van der Waals surface area contributed by atoms with Crippen molar-refractivity contribution >= 4 is 101 Å². The lowest BCUT2D eigenvalue weighted by atomic mass is 9.92. The number of para-hydroxylation sites is 2. The molecule has 69 heavy (non-hydrogen) atoms. The number of thiophene rings is 2. The predicted molar refractivity (Wildman–Crippen MR) is 293 cm³/mol. The SMILES string of the molecule is c1ccc(-c2ccc(-c3nc(-c4ccc(-c5ccccc5-c5cc6sc7ccc8c9ccccc9n9c%10ccccc%10c(c5)c6c7c89)cc4)nc(-c4ccc5c(c4)sc4ccccc45)n3)cc2)cc1. The van der Waals surface area contributed by atoms with E-state index >= 15 is 0 Å². The van der Waals surface area contributed by atoms with Crippen molar-refractivity contribution < 1.29 is 0 Å². The Morgan fingerprint density at radius 2 is 0.768 bits per heavy atom. The second-order valence-corrected chi connectivity index (χ2v) is 20.1. The number of hydrogen-bond acceptors (Lipinski definition) is 5. The molecule has 0 N–H and O–H groups in total. The number of nitrogens with zero attached hydrogens (tertiary/aromatic N) is 4. The van der Waals surface area contributed by atoms with E-state index in [0.717, 1.165) is 27.8 Å². The molecule has 0 radical (unpaired) electrons. The summed E-state index contributed by atoms with van der Waals surface area (Å²) in [4.78, 5) is 15.5. The van der Waals surface area contributed by atoms with Gasteiger partial charge in [0.05, 0.1) is 16.6 Å². The number of hydrogen-bond donors (Lipinski definition) is 0. The van der Waals surface area contributed by atoms with Crippen molar-refractivity contribution in [3.05, 3.63) is 218 Å². The van der Waals surface area contributed by atoms with Gasteiger partial charge >= 0.3 is 0 Å². The summed E-state index contributed by atoms with van der Waals surface area (Å²) in [5, 5.41) is 10.3. The van der Waals surface area contributed by atoms with Crippen LogP contribution in [0.25, 0.3) is 146 Å². The molecule has 15 rings (SSSR count). The average molecular weight is 913 g/mol. The van der Waals surface area contributed by atoms with Gasteiger partial charge in [-0.2, -0.15) is 0 Å². The lowest BCUT2D eigenvalue weighted by molar-refractivity contribution is 1.07. The third kappa shape index (κ3) is 5.96. The molecule has 0 aliphatic carbocycles. The molecule has 0 atom stereocenters. The van der Waals surface area contributed by atoms with Gasteiger partial charge in [0.2, 0.25) is 0 Å². The lowest BCUT2D eigenvalue weighted by Gasteiger charge is -2.13. The van der Waals surface area contributed by atoms with Crippen molar-refractivity contribution in [1.29, 1.82) is 0 Å². The molecule has 320 valence electrons. The maximum atomic E-state index is 5.20. The Kier molecular flexibility index (Phi) is 8.37. The van der Waals surface area contributed by atoms with Crippen LogP contribution in [0.1, 0.15) is 0 Å². The molecule has 0 unspecified atom stereocenters. The second kappa shape index (κ2) is 15.0. The van der Waals surface area contributed by atoms with Crippen LogP contribution in [0.3, 0.4) is 0 Å². The number of aromatic nitrogens is 4. The molecule has 0 spiro atoms. The van der Waals surface area contributed by atoms with Crippen molar-refractivity contribution in [2.45, 2.75) is 0 Å². The first-order chi connectivity index (χ1) is 34.2. The average Bonchev–Trinajstić information content (AvgIpc) is 4.07. The third-order valence-corrected chi connectivity index (χ3v) is 16.3. The fourth-order valence-corrected chi connectivity index (χ4v) is 13.1. The lowest BCUT2D eigenvalue weighted by Crippen LogP contribution is -2.00. The van der Waals surface area contributed by atoms with Crippen LogP contribution in [0.15, 0.2) is 218 Å². The summed E-state index contributed by atoms with van der Waals surface area (Å²) in [5.74, 6) is 1.92. The highest BCUT2D eigenvalue weighted by molar-refractivity contribution is 7.26. The number of benzene rings is 10. The van der Waals surface area contributed by atoms with Gasteiger partial charge in [0.15, 0.2) is 17.5 Å². The summed E-state index contributed by atoms with van der Waals surface area (Å²) in [6, 6.07) is 79.0. The van der Waals surface area contributed by atoms with Crippen molar-refractivity contribution in [1.82, 2.24) is 19.4 Å². The minimum Gasteiger partial charge on any atom is -0.308 e. The summed E-state index contributed by atoms with van der Waals surface area (Å²) in [6.07, 6.45) is 0. The summed E-state index contributed by atoms with van der Waals surface area (Å²) in [7, 11) is 0. The Hall–Kier alpha value is -8.55. The Labute approximate surface area is 404 Å². The van der Waals surface area contributed by atoms with Crippen LogP contribution in [0.5, 0.6) is 0 Å². The summed E-state index contributed by atoms with van der Waals surface area (Å²) < 4.78 is 7.60. The summed E-state index contributed by atoms with van der Waals surface area (Å²) in [5.41, 5.74) is 13.6. The Balaban J connectivity index is 0.861. The third-order valence-electron chi connectivity index (χ3n) is 14.0. The molecule has 0 amide bonds. The second-order valence-electron chi connectivity index (χ2n) is 17.9. The molecular weight excluding hydrogens is 877 g/mol. The van der Waals surface area contributed by atoms with E-state index in [1.165, 1.54) is 101 Å². The molecule has 0 aliphatic heterocycles. The molecule has 10 aromatic carbocycles. The topological polar surface area (TPSA) is 43.1 Å². The first-order valence-electron chi connectivity index (χ1n) is 23.2. The molecule has 5 aromatic heterocycles. The standard InChI is InChI=1S/C63H36N4S2/c1-2-12-37(13-3-1)38-22-26-40(27-23-38)61-64-62(66-63(65-61)42-30-31-49-48-18-8-11-21-54(48)68-56(49)35-42)41-28-24-39(25-29-41)44-14-4-5-15-45(44)43-34-51-47-17-7-10-20-53(47)67-52-19-9-6-16-46(52)50-32-33-55-59(60(50)67)58(51)57(36-43)69-55/h1-36H. The van der Waals surface area contributed by atoms with Crippen molar-refractivity contribution in [3.63, 3.8) is 0 Å². The summed E-state index contributed by atoms with van der Waals surface area (Å²) >= 11 is 3.70. The molecule has 0 fully saturated rings. The van der Waals surface area contributed by atoms with Gasteiger partial charge in [-0.15, -0.1) is 22.7 Å². The van der Waals surface area contributed by atoms with Crippen molar-refractivity contribution in [3.8, 4) is 67.5 Å². The maximum absolute atomic E-state index is 5.20. The van der Waals surface area contributed by atoms with Gasteiger partial charge in [-0.1, -0.05) is 176 Å². The van der Waals surface area contributed by atoms with Gasteiger partial charge in [-0.25, -0.2) is 15.0 Å². The van der Waals surface area contributed by atoms with Gasteiger partial charge in [-0.3, -0.25) is 0 Å². The van der Waals surface area contributed by atoms with E-state index in [1.54, 1.807) is 11.3 Å². The van der Waals surface area contributed by atoms with Crippen LogP contribution >= 0.6 is 22.7 Å². The van der Waals surface area contributed by atoms with Crippen LogP contribution in [0.4, 0.5) is 0 Å². The fourth-order valence-electron chi connectivity index (χ4n) is 10.8. The van der Waals surface area contributed by atoms with Gasteiger partial charge in [0.1, 0.15) is 0 Å². The smallest absolute Gasteiger partial charge is 0.164 e. The first kappa shape index (κ1) is 38.5. The van der Waals surface area contributed by atoms with Crippen LogP contribution in [0, 0.1) is 0 Å². The van der Waals surface area contributed by atoms with Crippen LogP contribution < -0.4 is 0 Å². The highest BCUT2D eigenvalue weighted by Crippen LogP contribution is 2.48. The van der Waals surface area contributed by atoms with Gasteiger partial charge in [0, 0.05) is 73.2 Å². The number of fused-ring (bicyclic) bond motifs is 9. The molecule has 4 nitrogen and oxygen atoms in total. The van der Waals surface area contributed by atoms with E-state index in [-0.39, 0.29) is 0 Å². The molecular formula is C63H36N4S2. The van der Waals surface area contributed by atoms with Crippen LogP contribution in [0.2, 0.25) is 0 Å². The highest BCUT2D eigenvalue weighted by atomic mass is 32.1. The first-order valence-corrected chi connectivity index (χ1v) is 24.9. The minimum atomic E-state index is 0.634. The predicted octanol–water partition coefficient (Wildman–Crippen LogP) is 17.8. The molecule has 6 heteroatoms. The van der Waals surface area contributed by atoms with Crippen LogP contribution in [-0.4, -0.2) is 19.4 Å². The molecule has 0 bridgehead atoms. The van der Waals surface area contributed by atoms with E-state index in [1.807, 2.05) is 17.4 Å². The van der Waals surface area contributed by atoms with Gasteiger partial charge in [-0.05, 0) is 81.2 Å². The van der Waals surface area contributed by atoms with E-state index in [9.17, 15) is 0 Å². The molecule has 15 aromatic rings. The monoisotopic (exact) mass is 912 g/mol. The normalized spacial score (nSPS) is 12.1. The summed E-state index contributed by atoms with van der Waals surface area (Å²) in [6.45, 7) is 0.